The van der Waals surface area contributed by atoms with Crippen LogP contribution in [0.5, 0.6) is 0 Å². The highest BCUT2D eigenvalue weighted by Gasteiger charge is 2.40. The minimum absolute atomic E-state index is 0.0364. The van der Waals surface area contributed by atoms with Crippen LogP contribution in [0.1, 0.15) is 44.7 Å². The number of halogens is 1. The molecule has 2 N–H and O–H groups in total. The van der Waals surface area contributed by atoms with Crippen LogP contribution in [0, 0.1) is 5.41 Å². The molecule has 1 aliphatic rings. The van der Waals surface area contributed by atoms with Crippen LogP contribution in [-0.4, -0.2) is 19.0 Å². The first-order chi connectivity index (χ1) is 9.57. The Balaban J connectivity index is 2.06. The van der Waals surface area contributed by atoms with Crippen molar-refractivity contribution in [3.05, 3.63) is 34.3 Å². The third kappa shape index (κ3) is 3.41. The third-order valence-corrected chi connectivity index (χ3v) is 4.64. The molecule has 0 saturated carbocycles. The van der Waals surface area contributed by atoms with Crippen LogP contribution >= 0.6 is 15.9 Å². The van der Waals surface area contributed by atoms with Gasteiger partial charge < -0.3 is 10.6 Å². The highest BCUT2D eigenvalue weighted by molar-refractivity contribution is 9.10. The number of nitrogens with one attached hydrogen (secondary N) is 2. The van der Waals surface area contributed by atoms with E-state index in [9.17, 15) is 4.79 Å². The Bertz CT molecular complexity index is 469. The van der Waals surface area contributed by atoms with E-state index in [1.807, 2.05) is 19.1 Å². The normalized spacial score (nSPS) is 23.6. The first kappa shape index (κ1) is 15.5. The summed E-state index contributed by atoms with van der Waals surface area (Å²) in [5.41, 5.74) is 0.917. The number of carbonyl (C=O) groups excluding carboxylic acids is 1. The van der Waals surface area contributed by atoms with Crippen LogP contribution in [-0.2, 0) is 4.79 Å². The molecule has 1 aromatic rings. The molecule has 1 amide bonds. The van der Waals surface area contributed by atoms with Gasteiger partial charge in [-0.05, 0) is 44.0 Å². The molecule has 1 heterocycles. The SMILES string of the molecule is CCCC1(C(=O)NC(C)c2cccc(Br)c2)CCNC1. The fraction of sp³-hybridized carbons (Fsp3) is 0.562. The van der Waals surface area contributed by atoms with Gasteiger partial charge in [-0.3, -0.25) is 4.79 Å². The maximum absolute atomic E-state index is 12.7. The second kappa shape index (κ2) is 6.72. The van der Waals surface area contributed by atoms with Crippen molar-refractivity contribution in [2.75, 3.05) is 13.1 Å². The predicted octanol–water partition coefficient (Wildman–Crippen LogP) is 3.41. The van der Waals surface area contributed by atoms with Crippen molar-refractivity contribution in [2.45, 2.75) is 39.2 Å². The molecular weight excluding hydrogens is 316 g/mol. The van der Waals surface area contributed by atoms with Crippen LogP contribution in [0.2, 0.25) is 0 Å². The number of amides is 1. The summed E-state index contributed by atoms with van der Waals surface area (Å²) >= 11 is 3.48. The fourth-order valence-corrected chi connectivity index (χ4v) is 3.37. The van der Waals surface area contributed by atoms with Gasteiger partial charge in [0.15, 0.2) is 0 Å². The Morgan fingerprint density at radius 3 is 2.95 bits per heavy atom. The Morgan fingerprint density at radius 1 is 1.55 bits per heavy atom. The molecule has 0 aromatic heterocycles. The molecule has 0 aliphatic carbocycles. The van der Waals surface area contributed by atoms with Gasteiger partial charge in [0.2, 0.25) is 5.91 Å². The van der Waals surface area contributed by atoms with Gasteiger partial charge in [-0.15, -0.1) is 0 Å². The van der Waals surface area contributed by atoms with E-state index in [1.54, 1.807) is 0 Å². The summed E-state index contributed by atoms with van der Waals surface area (Å²) < 4.78 is 1.04. The van der Waals surface area contributed by atoms with Crippen LogP contribution in [0.25, 0.3) is 0 Å². The molecule has 1 aromatic carbocycles. The minimum atomic E-state index is -0.213. The molecule has 1 aliphatic heterocycles. The first-order valence-corrected chi connectivity index (χ1v) is 8.14. The summed E-state index contributed by atoms with van der Waals surface area (Å²) in [6.07, 6.45) is 2.94. The number of hydrogen-bond donors (Lipinski definition) is 2. The van der Waals surface area contributed by atoms with E-state index < -0.39 is 0 Å². The molecule has 4 heteroatoms. The zero-order chi connectivity index (χ0) is 14.6. The maximum atomic E-state index is 12.7. The molecule has 0 spiro atoms. The van der Waals surface area contributed by atoms with E-state index in [1.165, 1.54) is 0 Å². The Kier molecular flexibility index (Phi) is 5.22. The number of benzene rings is 1. The maximum Gasteiger partial charge on any atom is 0.228 e. The molecule has 0 radical (unpaired) electrons. The quantitative estimate of drug-likeness (QED) is 0.863. The van der Waals surface area contributed by atoms with Crippen LogP contribution in [0.3, 0.4) is 0 Å². The highest BCUT2D eigenvalue weighted by atomic mass is 79.9. The summed E-state index contributed by atoms with van der Waals surface area (Å²) in [6.45, 7) is 5.93. The van der Waals surface area contributed by atoms with Crippen molar-refractivity contribution < 1.29 is 4.79 Å². The van der Waals surface area contributed by atoms with Gasteiger partial charge in [0.25, 0.3) is 0 Å². The van der Waals surface area contributed by atoms with Gasteiger partial charge in [0, 0.05) is 11.0 Å². The highest BCUT2D eigenvalue weighted by Crippen LogP contribution is 2.32. The first-order valence-electron chi connectivity index (χ1n) is 7.34. The van der Waals surface area contributed by atoms with Gasteiger partial charge >= 0.3 is 0 Å². The Morgan fingerprint density at radius 2 is 2.35 bits per heavy atom. The summed E-state index contributed by atoms with van der Waals surface area (Å²) in [4.78, 5) is 12.7. The lowest BCUT2D eigenvalue weighted by atomic mass is 9.81. The fourth-order valence-electron chi connectivity index (χ4n) is 2.95. The van der Waals surface area contributed by atoms with Crippen LogP contribution in [0.4, 0.5) is 0 Å². The van der Waals surface area contributed by atoms with Gasteiger partial charge in [-0.25, -0.2) is 0 Å². The van der Waals surface area contributed by atoms with E-state index >= 15 is 0 Å². The molecule has 3 nitrogen and oxygen atoms in total. The smallest absolute Gasteiger partial charge is 0.228 e. The van der Waals surface area contributed by atoms with Crippen molar-refractivity contribution in [2.24, 2.45) is 5.41 Å². The molecule has 2 atom stereocenters. The molecule has 2 rings (SSSR count). The zero-order valence-electron chi connectivity index (χ0n) is 12.2. The lowest BCUT2D eigenvalue weighted by Crippen LogP contribution is -2.43. The van der Waals surface area contributed by atoms with Crippen molar-refractivity contribution in [1.82, 2.24) is 10.6 Å². The summed E-state index contributed by atoms with van der Waals surface area (Å²) in [6, 6.07) is 8.15. The van der Waals surface area contributed by atoms with Crippen LogP contribution in [0.15, 0.2) is 28.7 Å². The van der Waals surface area contributed by atoms with E-state index in [-0.39, 0.29) is 17.4 Å². The second-order valence-electron chi connectivity index (χ2n) is 5.71. The van der Waals surface area contributed by atoms with Crippen molar-refractivity contribution in [3.8, 4) is 0 Å². The van der Waals surface area contributed by atoms with Gasteiger partial charge in [0.05, 0.1) is 11.5 Å². The number of hydrogen-bond acceptors (Lipinski definition) is 2. The Hall–Kier alpha value is -0.870. The van der Waals surface area contributed by atoms with Gasteiger partial charge in [-0.2, -0.15) is 0 Å². The van der Waals surface area contributed by atoms with Gasteiger partial charge in [0.1, 0.15) is 0 Å². The monoisotopic (exact) mass is 338 g/mol. The lowest BCUT2D eigenvalue weighted by molar-refractivity contribution is -0.131. The van der Waals surface area contributed by atoms with E-state index in [2.05, 4.69) is 45.6 Å². The molecule has 1 fully saturated rings. The van der Waals surface area contributed by atoms with Gasteiger partial charge in [-0.1, -0.05) is 41.4 Å². The summed E-state index contributed by atoms with van der Waals surface area (Å²) in [5.74, 6) is 0.192. The van der Waals surface area contributed by atoms with Crippen molar-refractivity contribution in [3.63, 3.8) is 0 Å². The van der Waals surface area contributed by atoms with Crippen LogP contribution < -0.4 is 10.6 Å². The summed E-state index contributed by atoms with van der Waals surface area (Å²) in [7, 11) is 0. The Labute approximate surface area is 129 Å². The molecule has 20 heavy (non-hydrogen) atoms. The molecule has 0 bridgehead atoms. The third-order valence-electron chi connectivity index (χ3n) is 4.15. The molecule has 110 valence electrons. The van der Waals surface area contributed by atoms with Crippen molar-refractivity contribution in [1.29, 1.82) is 0 Å². The molecule has 1 saturated heterocycles. The predicted molar refractivity (Wildman–Crippen MR) is 85.5 cm³/mol. The van der Waals surface area contributed by atoms with Crippen molar-refractivity contribution >= 4 is 21.8 Å². The summed E-state index contributed by atoms with van der Waals surface area (Å²) in [5, 5.41) is 6.52. The zero-order valence-corrected chi connectivity index (χ0v) is 13.8. The average Bonchev–Trinajstić information content (AvgIpc) is 2.89. The number of rotatable bonds is 5. The molecular formula is C16H23BrN2O. The average molecular weight is 339 g/mol. The van der Waals surface area contributed by atoms with E-state index in [4.69, 9.17) is 0 Å². The largest absolute Gasteiger partial charge is 0.349 e. The number of carbonyl (C=O) groups is 1. The lowest BCUT2D eigenvalue weighted by Gasteiger charge is -2.28. The molecule has 2 unspecified atom stereocenters. The topological polar surface area (TPSA) is 41.1 Å². The standard InChI is InChI=1S/C16H23BrN2O/c1-3-7-16(8-9-18-11-16)15(20)19-12(2)13-5-4-6-14(17)10-13/h4-6,10,12,18H,3,7-9,11H2,1-2H3,(H,19,20). The minimum Gasteiger partial charge on any atom is -0.349 e. The second-order valence-corrected chi connectivity index (χ2v) is 6.62. The van der Waals surface area contributed by atoms with E-state index in [0.717, 1.165) is 42.4 Å². The van der Waals surface area contributed by atoms with E-state index in [0.29, 0.717) is 0 Å².